The van der Waals surface area contributed by atoms with Gasteiger partial charge in [-0.1, -0.05) is 90.4 Å². The molecule has 2 atom stereocenters. The summed E-state index contributed by atoms with van der Waals surface area (Å²) in [5, 5.41) is 0. The van der Waals surface area contributed by atoms with Gasteiger partial charge in [0.05, 0.1) is 34.4 Å². The van der Waals surface area contributed by atoms with Gasteiger partial charge in [0.2, 0.25) is 0 Å². The molecule has 0 aliphatic rings. The van der Waals surface area contributed by atoms with Crippen LogP contribution >= 0.6 is 7.82 Å². The number of unbranched alkanes of at least 4 members (excludes halogenated alkanes) is 15. The first-order valence-electron chi connectivity index (χ1n) is 15.2. The van der Waals surface area contributed by atoms with Crippen LogP contribution in [-0.4, -0.2) is 77.6 Å². The van der Waals surface area contributed by atoms with Crippen molar-refractivity contribution in [1.82, 2.24) is 0 Å². The molecule has 0 saturated heterocycles. The maximum absolute atomic E-state index is 12.1. The fourth-order valence-electron chi connectivity index (χ4n) is 3.98. The summed E-state index contributed by atoms with van der Waals surface area (Å²) in [7, 11) is 1.49. The number of phosphoric acid groups is 1. The summed E-state index contributed by atoms with van der Waals surface area (Å²) in [6.07, 6.45) is 20.7. The van der Waals surface area contributed by atoms with Crippen LogP contribution in [0.25, 0.3) is 0 Å². The van der Waals surface area contributed by atoms with E-state index in [-0.39, 0.29) is 19.8 Å². The molecule has 0 amide bonds. The zero-order valence-electron chi connectivity index (χ0n) is 25.2. The fraction of sp³-hybridized carbons (Fsp3) is 0.966. The number of phosphoric ester groups is 1. The van der Waals surface area contributed by atoms with Crippen molar-refractivity contribution in [3.8, 4) is 0 Å². The lowest BCUT2D eigenvalue weighted by molar-refractivity contribution is -0.870. The second-order valence-corrected chi connectivity index (χ2v) is 12.8. The minimum Gasteiger partial charge on any atom is -0.756 e. The van der Waals surface area contributed by atoms with Crippen LogP contribution in [0.3, 0.4) is 0 Å². The quantitative estimate of drug-likeness (QED) is 0.0428. The lowest BCUT2D eigenvalue weighted by atomic mass is 10.0. The number of likely N-dealkylation sites (N-methyl/N-ethyl adjacent to an activating group) is 1. The lowest BCUT2D eigenvalue weighted by Crippen LogP contribution is -2.37. The van der Waals surface area contributed by atoms with E-state index in [1.54, 1.807) is 0 Å². The van der Waals surface area contributed by atoms with Gasteiger partial charge in [-0.05, 0) is 19.3 Å². The summed E-state index contributed by atoms with van der Waals surface area (Å²) in [6.45, 7) is 4.06. The first-order chi connectivity index (χ1) is 18.2. The van der Waals surface area contributed by atoms with Crippen LogP contribution < -0.4 is 4.89 Å². The molecule has 8 nitrogen and oxygen atoms in total. The normalized spacial score (nSPS) is 14.4. The van der Waals surface area contributed by atoms with E-state index in [2.05, 4.69) is 6.92 Å². The summed E-state index contributed by atoms with van der Waals surface area (Å²) in [4.78, 5) is 22.6. The largest absolute Gasteiger partial charge is 0.756 e. The molecule has 0 aromatic heterocycles. The van der Waals surface area contributed by atoms with Gasteiger partial charge in [0.25, 0.3) is 7.82 Å². The molecule has 228 valence electrons. The molecule has 9 heteroatoms. The maximum Gasteiger partial charge on any atom is 0.268 e. The lowest BCUT2D eigenvalue weighted by Gasteiger charge is -2.28. The molecule has 1 unspecified atom stereocenters. The molecule has 0 heterocycles. The topological polar surface area (TPSA) is 94.1 Å². The van der Waals surface area contributed by atoms with Gasteiger partial charge < -0.3 is 32.7 Å². The average molecular weight is 566 g/mol. The van der Waals surface area contributed by atoms with Crippen LogP contribution in [-0.2, 0) is 27.9 Å². The highest BCUT2D eigenvalue weighted by atomic mass is 31.2. The van der Waals surface area contributed by atoms with Gasteiger partial charge in [-0.3, -0.25) is 4.57 Å². The molecule has 0 fully saturated rings. The molecule has 0 N–H and O–H groups in total. The molecule has 0 saturated carbocycles. The third kappa shape index (κ3) is 28.7. The highest BCUT2D eigenvalue weighted by Crippen LogP contribution is 2.38. The van der Waals surface area contributed by atoms with Crippen LogP contribution in [0.15, 0.2) is 0 Å². The van der Waals surface area contributed by atoms with Crippen molar-refractivity contribution in [3.63, 3.8) is 0 Å². The fourth-order valence-corrected chi connectivity index (χ4v) is 4.70. The summed E-state index contributed by atoms with van der Waals surface area (Å²) < 4.78 is 34.3. The number of carbonyl (C=O) groups is 1. The van der Waals surface area contributed by atoms with E-state index in [9.17, 15) is 14.3 Å². The molecule has 0 radical (unpaired) electrons. The van der Waals surface area contributed by atoms with E-state index in [0.29, 0.717) is 30.7 Å². The van der Waals surface area contributed by atoms with Gasteiger partial charge in [-0.25, -0.2) is 0 Å². The molecular formula is C29H60NO7P. The summed E-state index contributed by atoms with van der Waals surface area (Å²) in [5.41, 5.74) is 0. The molecule has 0 aromatic carbocycles. The van der Waals surface area contributed by atoms with Crippen LogP contribution in [0.5, 0.6) is 0 Å². The number of rotatable bonds is 30. The zero-order chi connectivity index (χ0) is 28.4. The second kappa shape index (κ2) is 25.6. The number of nitrogens with zero attached hydrogens (tertiary/aromatic N) is 1. The SMILES string of the molecule is CCCCCCCCCCCCCCCCOC[C@@H](COP(=O)([O-])OCC[N+](C)(C)C)OCCCCC=O. The van der Waals surface area contributed by atoms with Crippen LogP contribution in [0, 0.1) is 0 Å². The Morgan fingerprint density at radius 2 is 1.24 bits per heavy atom. The van der Waals surface area contributed by atoms with Gasteiger partial charge in [0, 0.05) is 19.6 Å². The standard InChI is InChI=1S/C29H60NO7P/c1-5-6-7-8-9-10-11-12-13-14-15-16-17-20-24-34-27-29(35-25-21-18-19-23-31)28-37-38(32,33)36-26-22-30(2,3)4/h23,29H,5-22,24-28H2,1-4H3/t29-/m0/s1. The summed E-state index contributed by atoms with van der Waals surface area (Å²) in [5.74, 6) is 0. The smallest absolute Gasteiger partial charge is 0.268 e. The molecule has 0 aromatic rings. The number of hydrogen-bond donors (Lipinski definition) is 0. The van der Waals surface area contributed by atoms with E-state index in [4.69, 9.17) is 18.5 Å². The van der Waals surface area contributed by atoms with Crippen molar-refractivity contribution >= 4 is 14.1 Å². The Hall–Kier alpha value is -0.340. The molecular weight excluding hydrogens is 505 g/mol. The molecule has 0 aliphatic heterocycles. The second-order valence-electron chi connectivity index (χ2n) is 11.4. The number of quaternary nitrogens is 1. The summed E-state index contributed by atoms with van der Waals surface area (Å²) >= 11 is 0. The van der Waals surface area contributed by atoms with Crippen LogP contribution in [0.4, 0.5) is 0 Å². The Labute approximate surface area is 234 Å². The van der Waals surface area contributed by atoms with Gasteiger partial charge in [0.15, 0.2) is 0 Å². The first-order valence-corrected chi connectivity index (χ1v) is 16.7. The van der Waals surface area contributed by atoms with Crippen molar-refractivity contribution in [2.24, 2.45) is 0 Å². The molecule has 0 bridgehead atoms. The summed E-state index contributed by atoms with van der Waals surface area (Å²) in [6, 6.07) is 0. The average Bonchev–Trinajstić information content (AvgIpc) is 2.85. The maximum atomic E-state index is 12.1. The van der Waals surface area contributed by atoms with Crippen molar-refractivity contribution in [1.29, 1.82) is 0 Å². The third-order valence-corrected chi connectivity index (χ3v) is 7.41. The highest BCUT2D eigenvalue weighted by molar-refractivity contribution is 7.45. The van der Waals surface area contributed by atoms with E-state index >= 15 is 0 Å². The minimum atomic E-state index is -4.40. The Balaban J connectivity index is 3.96. The van der Waals surface area contributed by atoms with E-state index in [0.717, 1.165) is 32.0 Å². The Morgan fingerprint density at radius 3 is 1.76 bits per heavy atom. The molecule has 38 heavy (non-hydrogen) atoms. The van der Waals surface area contributed by atoms with Gasteiger partial charge in [0.1, 0.15) is 25.5 Å². The predicted octanol–water partition coefficient (Wildman–Crippen LogP) is 6.45. The van der Waals surface area contributed by atoms with Crippen molar-refractivity contribution in [2.75, 3.05) is 60.7 Å². The Bertz CT molecular complexity index is 572. The van der Waals surface area contributed by atoms with E-state index in [1.165, 1.54) is 77.0 Å². The van der Waals surface area contributed by atoms with Crippen molar-refractivity contribution < 1.29 is 37.3 Å². The molecule has 0 rings (SSSR count). The van der Waals surface area contributed by atoms with Crippen LogP contribution in [0.2, 0.25) is 0 Å². The monoisotopic (exact) mass is 565 g/mol. The van der Waals surface area contributed by atoms with Gasteiger partial charge in [-0.2, -0.15) is 0 Å². The van der Waals surface area contributed by atoms with Gasteiger partial charge >= 0.3 is 0 Å². The van der Waals surface area contributed by atoms with Crippen molar-refractivity contribution in [3.05, 3.63) is 0 Å². The zero-order valence-corrected chi connectivity index (χ0v) is 26.1. The first kappa shape index (κ1) is 37.7. The number of carbonyl (C=O) groups excluding carboxylic acids is 1. The Kier molecular flexibility index (Phi) is 25.4. The molecule has 0 spiro atoms. The Morgan fingerprint density at radius 1 is 0.711 bits per heavy atom. The number of aldehydes is 1. The van der Waals surface area contributed by atoms with Gasteiger partial charge in [-0.15, -0.1) is 0 Å². The number of ether oxygens (including phenoxy) is 2. The number of hydrogen-bond acceptors (Lipinski definition) is 7. The van der Waals surface area contributed by atoms with Crippen molar-refractivity contribution in [2.45, 2.75) is 122 Å². The third-order valence-electron chi connectivity index (χ3n) is 6.45. The van der Waals surface area contributed by atoms with Crippen LogP contribution in [0.1, 0.15) is 116 Å². The highest BCUT2D eigenvalue weighted by Gasteiger charge is 2.17. The minimum absolute atomic E-state index is 0.0666. The predicted molar refractivity (Wildman–Crippen MR) is 153 cm³/mol. The molecule has 0 aliphatic carbocycles. The van der Waals surface area contributed by atoms with E-state index in [1.807, 2.05) is 21.1 Å². The van der Waals surface area contributed by atoms with E-state index < -0.39 is 13.9 Å².